The summed E-state index contributed by atoms with van der Waals surface area (Å²) in [5, 5.41) is 19.2. The summed E-state index contributed by atoms with van der Waals surface area (Å²) in [5.41, 5.74) is 4.65. The van der Waals surface area contributed by atoms with Crippen LogP contribution in [-0.2, 0) is 11.2 Å². The number of nitrogens with one attached hydrogen (secondary N) is 2. The lowest BCUT2D eigenvalue weighted by Gasteiger charge is -1.99. The fourth-order valence-electron chi connectivity index (χ4n) is 2.40. The van der Waals surface area contributed by atoms with Crippen LogP contribution in [0.4, 0.5) is 5.69 Å². The van der Waals surface area contributed by atoms with E-state index in [9.17, 15) is 14.9 Å². The van der Waals surface area contributed by atoms with E-state index in [4.69, 9.17) is 5.21 Å². The van der Waals surface area contributed by atoms with Crippen LogP contribution < -0.4 is 5.48 Å². The molecule has 25 heavy (non-hydrogen) atoms. The van der Waals surface area contributed by atoms with Crippen molar-refractivity contribution in [3.05, 3.63) is 75.6 Å². The number of benzene rings is 2. The molecule has 0 spiro atoms. The summed E-state index contributed by atoms with van der Waals surface area (Å²) in [4.78, 5) is 28.8. The third kappa shape index (κ3) is 3.88. The number of H-pyrrole nitrogens is 1. The Morgan fingerprint density at radius 2 is 2.04 bits per heavy atom. The van der Waals surface area contributed by atoms with Crippen LogP contribution in [0, 0.1) is 10.1 Å². The number of nitro groups is 1. The van der Waals surface area contributed by atoms with Gasteiger partial charge in [-0.15, -0.1) is 0 Å². The predicted octanol–water partition coefficient (Wildman–Crippen LogP) is 2.58. The van der Waals surface area contributed by atoms with E-state index in [2.05, 4.69) is 9.97 Å². The number of fused-ring (bicyclic) bond motifs is 1. The van der Waals surface area contributed by atoms with E-state index in [0.717, 1.165) is 11.1 Å². The van der Waals surface area contributed by atoms with E-state index < -0.39 is 10.8 Å². The lowest BCUT2D eigenvalue weighted by atomic mass is 10.1. The summed E-state index contributed by atoms with van der Waals surface area (Å²) in [6.45, 7) is 0. The van der Waals surface area contributed by atoms with Crippen molar-refractivity contribution in [3.63, 3.8) is 0 Å². The van der Waals surface area contributed by atoms with Gasteiger partial charge >= 0.3 is 0 Å². The maximum Gasteiger partial charge on any atom is 0.271 e. The Labute approximate surface area is 141 Å². The molecule has 1 heterocycles. The number of hydrogen-bond acceptors (Lipinski definition) is 5. The smallest absolute Gasteiger partial charge is 0.271 e. The molecule has 0 radical (unpaired) electrons. The zero-order valence-electron chi connectivity index (χ0n) is 13.0. The third-order valence-corrected chi connectivity index (χ3v) is 3.61. The normalized spacial score (nSPS) is 11.1. The molecule has 0 aliphatic carbocycles. The SMILES string of the molecule is O=C(C=Cc1ccc(Cc2nc3ccc([N+](=O)[O-])cc3[nH]2)cc1)NO. The van der Waals surface area contributed by atoms with Crippen LogP contribution in [0.2, 0.25) is 0 Å². The summed E-state index contributed by atoms with van der Waals surface area (Å²) in [7, 11) is 0. The number of hydrogen-bond donors (Lipinski definition) is 3. The molecule has 0 aliphatic rings. The number of nitrogens with zero attached hydrogens (tertiary/aromatic N) is 2. The molecule has 8 nitrogen and oxygen atoms in total. The number of imidazole rings is 1. The molecule has 0 fully saturated rings. The molecule has 0 aliphatic heterocycles. The maximum absolute atomic E-state index is 10.9. The standard InChI is InChI=1S/C17H14N4O4/c22-17(20-23)8-5-11-1-3-12(4-2-11)9-16-18-14-7-6-13(21(24)25)10-15(14)19-16/h1-8,10,23H,9H2,(H,18,19)(H,20,22). The topological polar surface area (TPSA) is 121 Å². The average Bonchev–Trinajstić information content (AvgIpc) is 3.02. The maximum atomic E-state index is 10.9. The minimum atomic E-state index is -0.597. The molecule has 1 aromatic heterocycles. The highest BCUT2D eigenvalue weighted by atomic mass is 16.6. The first-order chi connectivity index (χ1) is 12.0. The number of aromatic nitrogens is 2. The lowest BCUT2D eigenvalue weighted by Crippen LogP contribution is -2.14. The van der Waals surface area contributed by atoms with Crippen LogP contribution in [0.15, 0.2) is 48.5 Å². The average molecular weight is 338 g/mol. The minimum Gasteiger partial charge on any atom is -0.341 e. The summed E-state index contributed by atoms with van der Waals surface area (Å²) in [5.74, 6) is 0.110. The van der Waals surface area contributed by atoms with Crippen molar-refractivity contribution >= 4 is 28.7 Å². The molecule has 1 amide bonds. The molecule has 3 aromatic rings. The molecule has 2 aromatic carbocycles. The molecule has 0 atom stereocenters. The van der Waals surface area contributed by atoms with Crippen molar-refractivity contribution in [1.29, 1.82) is 0 Å². The lowest BCUT2D eigenvalue weighted by molar-refractivity contribution is -0.384. The Bertz CT molecular complexity index is 960. The molecular formula is C17H14N4O4. The van der Waals surface area contributed by atoms with Gasteiger partial charge in [0, 0.05) is 24.6 Å². The summed E-state index contributed by atoms with van der Waals surface area (Å²) in [6.07, 6.45) is 3.35. The number of rotatable bonds is 5. The van der Waals surface area contributed by atoms with Gasteiger partial charge in [0.1, 0.15) is 5.82 Å². The number of aromatic amines is 1. The first-order valence-electron chi connectivity index (χ1n) is 7.39. The van der Waals surface area contributed by atoms with Crippen LogP contribution >= 0.6 is 0 Å². The van der Waals surface area contributed by atoms with E-state index in [1.165, 1.54) is 23.7 Å². The van der Waals surface area contributed by atoms with E-state index in [0.29, 0.717) is 23.3 Å². The predicted molar refractivity (Wildman–Crippen MR) is 91.0 cm³/mol. The molecule has 0 unspecified atom stereocenters. The largest absolute Gasteiger partial charge is 0.341 e. The van der Waals surface area contributed by atoms with Gasteiger partial charge in [0.05, 0.1) is 16.0 Å². The van der Waals surface area contributed by atoms with Crippen LogP contribution in [0.25, 0.3) is 17.1 Å². The van der Waals surface area contributed by atoms with Crippen molar-refractivity contribution in [2.45, 2.75) is 6.42 Å². The number of carbonyl (C=O) groups is 1. The number of hydroxylamine groups is 1. The van der Waals surface area contributed by atoms with Gasteiger partial charge in [-0.1, -0.05) is 24.3 Å². The zero-order chi connectivity index (χ0) is 17.8. The van der Waals surface area contributed by atoms with E-state index in [1.54, 1.807) is 12.1 Å². The Morgan fingerprint density at radius 1 is 1.28 bits per heavy atom. The summed E-state index contributed by atoms with van der Waals surface area (Å²) < 4.78 is 0. The number of amides is 1. The van der Waals surface area contributed by atoms with Gasteiger partial charge in [-0.3, -0.25) is 20.1 Å². The highest BCUT2D eigenvalue weighted by Crippen LogP contribution is 2.20. The van der Waals surface area contributed by atoms with E-state index in [1.807, 2.05) is 24.3 Å². The van der Waals surface area contributed by atoms with Crippen LogP contribution in [0.1, 0.15) is 17.0 Å². The van der Waals surface area contributed by atoms with Crippen molar-refractivity contribution < 1.29 is 14.9 Å². The van der Waals surface area contributed by atoms with E-state index in [-0.39, 0.29) is 5.69 Å². The molecule has 0 saturated carbocycles. The second kappa shape index (κ2) is 6.93. The quantitative estimate of drug-likeness (QED) is 0.286. The first-order valence-corrected chi connectivity index (χ1v) is 7.39. The monoisotopic (exact) mass is 338 g/mol. The van der Waals surface area contributed by atoms with E-state index >= 15 is 0 Å². The molecule has 3 N–H and O–H groups in total. The highest BCUT2D eigenvalue weighted by Gasteiger charge is 2.10. The minimum absolute atomic E-state index is 0.0192. The third-order valence-electron chi connectivity index (χ3n) is 3.61. The van der Waals surface area contributed by atoms with Crippen molar-refractivity contribution in [2.75, 3.05) is 0 Å². The molecule has 3 rings (SSSR count). The Hall–Kier alpha value is -3.52. The molecule has 8 heteroatoms. The Balaban J connectivity index is 1.75. The molecule has 0 bridgehead atoms. The van der Waals surface area contributed by atoms with Crippen molar-refractivity contribution in [3.8, 4) is 0 Å². The fraction of sp³-hybridized carbons (Fsp3) is 0.0588. The van der Waals surface area contributed by atoms with Crippen LogP contribution in [-0.4, -0.2) is 26.0 Å². The first kappa shape index (κ1) is 16.3. The second-order valence-electron chi connectivity index (χ2n) is 5.37. The van der Waals surface area contributed by atoms with Gasteiger partial charge in [-0.25, -0.2) is 10.5 Å². The number of nitro benzene ring substituents is 1. The Kier molecular flexibility index (Phi) is 4.53. The zero-order valence-corrected chi connectivity index (χ0v) is 13.0. The fourth-order valence-corrected chi connectivity index (χ4v) is 2.40. The van der Waals surface area contributed by atoms with Gasteiger partial charge in [0.15, 0.2) is 0 Å². The van der Waals surface area contributed by atoms with Gasteiger partial charge in [0.2, 0.25) is 0 Å². The van der Waals surface area contributed by atoms with Crippen molar-refractivity contribution in [1.82, 2.24) is 15.4 Å². The van der Waals surface area contributed by atoms with Gasteiger partial charge in [-0.05, 0) is 23.3 Å². The van der Waals surface area contributed by atoms with Crippen LogP contribution in [0.3, 0.4) is 0 Å². The number of non-ortho nitro benzene ring substituents is 1. The van der Waals surface area contributed by atoms with Gasteiger partial charge in [0.25, 0.3) is 11.6 Å². The highest BCUT2D eigenvalue weighted by molar-refractivity contribution is 5.90. The Morgan fingerprint density at radius 3 is 2.72 bits per heavy atom. The second-order valence-corrected chi connectivity index (χ2v) is 5.37. The van der Waals surface area contributed by atoms with Gasteiger partial charge in [-0.2, -0.15) is 0 Å². The molecular weight excluding hydrogens is 324 g/mol. The van der Waals surface area contributed by atoms with Gasteiger partial charge < -0.3 is 4.98 Å². The molecule has 0 saturated heterocycles. The molecule has 126 valence electrons. The van der Waals surface area contributed by atoms with Crippen LogP contribution in [0.5, 0.6) is 0 Å². The summed E-state index contributed by atoms with van der Waals surface area (Å²) >= 11 is 0. The number of carbonyl (C=O) groups excluding carboxylic acids is 1. The van der Waals surface area contributed by atoms with Crippen molar-refractivity contribution in [2.24, 2.45) is 0 Å². The summed E-state index contributed by atoms with van der Waals surface area (Å²) in [6, 6.07) is 12.0.